The first-order valence-electron chi connectivity index (χ1n) is 5.55. The highest BCUT2D eigenvalue weighted by Crippen LogP contribution is 2.29. The molecule has 0 aromatic heterocycles. The molecule has 1 unspecified atom stereocenters. The van der Waals surface area contributed by atoms with Crippen molar-refractivity contribution in [1.82, 2.24) is 4.90 Å². The van der Waals surface area contributed by atoms with Crippen LogP contribution in [0.2, 0.25) is 0 Å². The Morgan fingerprint density at radius 3 is 2.64 bits per heavy atom. The number of aliphatic hydroxyl groups is 1. The van der Waals surface area contributed by atoms with Gasteiger partial charge in [0, 0.05) is 26.6 Å². The van der Waals surface area contributed by atoms with Crippen molar-refractivity contribution in [1.29, 1.82) is 0 Å². The van der Waals surface area contributed by atoms with E-state index >= 15 is 0 Å². The first-order valence-corrected chi connectivity index (χ1v) is 5.55. The maximum absolute atomic E-state index is 11.0. The summed E-state index contributed by atoms with van der Waals surface area (Å²) in [6, 6.07) is 0. The van der Waals surface area contributed by atoms with Gasteiger partial charge in [0.05, 0.1) is 0 Å². The molecule has 1 aliphatic heterocycles. The number of hydrogen-bond acceptors (Lipinski definition) is 2. The van der Waals surface area contributed by atoms with Gasteiger partial charge in [0.1, 0.15) is 0 Å². The van der Waals surface area contributed by atoms with Crippen molar-refractivity contribution in [3.63, 3.8) is 0 Å². The molecule has 3 nitrogen and oxygen atoms in total. The Kier molecular flexibility index (Phi) is 4.39. The molecule has 1 heterocycles. The monoisotopic (exact) mass is 199 g/mol. The Morgan fingerprint density at radius 2 is 2.21 bits per heavy atom. The molecule has 1 rings (SSSR count). The van der Waals surface area contributed by atoms with E-state index in [0.29, 0.717) is 18.4 Å². The number of hydrogen-bond donors (Lipinski definition) is 1. The van der Waals surface area contributed by atoms with Crippen LogP contribution in [0.1, 0.15) is 33.1 Å². The Balaban J connectivity index is 2.24. The largest absolute Gasteiger partial charge is 0.396 e. The number of aliphatic hydroxyl groups excluding tert-OH is 1. The van der Waals surface area contributed by atoms with E-state index in [1.807, 2.05) is 4.90 Å². The molecular formula is C11H21NO2. The molecule has 0 saturated carbocycles. The smallest absolute Gasteiger partial charge is 0.219 e. The molecule has 1 fully saturated rings. The number of likely N-dealkylation sites (tertiary alicyclic amines) is 1. The standard InChI is InChI=1S/C11H21NO2/c1-3-10(5-4-6-13)11-7-12(8-11)9(2)14/h10-11,13H,3-8H2,1-2H3. The third kappa shape index (κ3) is 2.71. The highest BCUT2D eigenvalue weighted by molar-refractivity contribution is 5.74. The summed E-state index contributed by atoms with van der Waals surface area (Å²) in [5.41, 5.74) is 0. The maximum atomic E-state index is 11.0. The molecule has 1 aliphatic rings. The number of rotatable bonds is 5. The van der Waals surface area contributed by atoms with Gasteiger partial charge in [-0.05, 0) is 24.7 Å². The molecular weight excluding hydrogens is 178 g/mol. The molecule has 0 radical (unpaired) electrons. The molecule has 1 amide bonds. The van der Waals surface area contributed by atoms with Crippen molar-refractivity contribution >= 4 is 5.91 Å². The minimum absolute atomic E-state index is 0.193. The van der Waals surface area contributed by atoms with E-state index in [2.05, 4.69) is 6.92 Å². The summed E-state index contributed by atoms with van der Waals surface area (Å²) in [7, 11) is 0. The molecule has 82 valence electrons. The quantitative estimate of drug-likeness (QED) is 0.724. The predicted octanol–water partition coefficient (Wildman–Crippen LogP) is 1.26. The van der Waals surface area contributed by atoms with E-state index in [9.17, 15) is 4.79 Å². The zero-order valence-electron chi connectivity index (χ0n) is 9.20. The Hall–Kier alpha value is -0.570. The molecule has 1 N–H and O–H groups in total. The van der Waals surface area contributed by atoms with E-state index in [4.69, 9.17) is 5.11 Å². The molecule has 0 spiro atoms. The highest BCUT2D eigenvalue weighted by atomic mass is 16.2. The third-order valence-electron chi connectivity index (χ3n) is 3.28. The summed E-state index contributed by atoms with van der Waals surface area (Å²) in [6.45, 7) is 5.97. The number of carbonyl (C=O) groups is 1. The van der Waals surface area contributed by atoms with Gasteiger partial charge >= 0.3 is 0 Å². The van der Waals surface area contributed by atoms with Crippen LogP contribution in [0.3, 0.4) is 0 Å². The number of amides is 1. The van der Waals surface area contributed by atoms with Gasteiger partial charge in [0.15, 0.2) is 0 Å². The van der Waals surface area contributed by atoms with E-state index in [1.54, 1.807) is 6.92 Å². The van der Waals surface area contributed by atoms with Crippen LogP contribution in [0.5, 0.6) is 0 Å². The molecule has 0 bridgehead atoms. The molecule has 0 aromatic carbocycles. The average molecular weight is 199 g/mol. The normalized spacial score (nSPS) is 19.2. The second-order valence-electron chi connectivity index (χ2n) is 4.22. The maximum Gasteiger partial charge on any atom is 0.219 e. The van der Waals surface area contributed by atoms with Crippen LogP contribution in [0.4, 0.5) is 0 Å². The molecule has 1 atom stereocenters. The Bertz CT molecular complexity index is 188. The molecule has 0 aliphatic carbocycles. The zero-order valence-corrected chi connectivity index (χ0v) is 9.20. The van der Waals surface area contributed by atoms with Crippen LogP contribution in [-0.4, -0.2) is 35.6 Å². The third-order valence-corrected chi connectivity index (χ3v) is 3.28. The molecule has 3 heteroatoms. The van der Waals surface area contributed by atoms with Gasteiger partial charge in [-0.3, -0.25) is 4.79 Å². The average Bonchev–Trinajstić information content (AvgIpc) is 2.07. The van der Waals surface area contributed by atoms with Crippen molar-refractivity contribution in [3.8, 4) is 0 Å². The molecule has 0 aromatic rings. The van der Waals surface area contributed by atoms with Gasteiger partial charge in [-0.1, -0.05) is 13.3 Å². The summed E-state index contributed by atoms with van der Waals surface area (Å²) in [5.74, 6) is 1.56. The molecule has 1 saturated heterocycles. The minimum atomic E-state index is 0.193. The van der Waals surface area contributed by atoms with E-state index in [1.165, 1.54) is 0 Å². The van der Waals surface area contributed by atoms with Crippen molar-refractivity contribution in [2.75, 3.05) is 19.7 Å². The van der Waals surface area contributed by atoms with Gasteiger partial charge in [-0.2, -0.15) is 0 Å². The summed E-state index contributed by atoms with van der Waals surface area (Å²) in [5, 5.41) is 8.76. The highest BCUT2D eigenvalue weighted by Gasteiger charge is 2.33. The second-order valence-corrected chi connectivity index (χ2v) is 4.22. The lowest BCUT2D eigenvalue weighted by Gasteiger charge is -2.43. The Morgan fingerprint density at radius 1 is 1.57 bits per heavy atom. The van der Waals surface area contributed by atoms with Gasteiger partial charge in [-0.25, -0.2) is 0 Å². The van der Waals surface area contributed by atoms with Gasteiger partial charge < -0.3 is 10.0 Å². The minimum Gasteiger partial charge on any atom is -0.396 e. The van der Waals surface area contributed by atoms with Crippen LogP contribution in [-0.2, 0) is 4.79 Å². The van der Waals surface area contributed by atoms with Crippen LogP contribution in [0.15, 0.2) is 0 Å². The van der Waals surface area contributed by atoms with Crippen molar-refractivity contribution in [2.45, 2.75) is 33.1 Å². The fourth-order valence-corrected chi connectivity index (χ4v) is 2.19. The summed E-state index contributed by atoms with van der Waals surface area (Å²) in [6.07, 6.45) is 3.16. The van der Waals surface area contributed by atoms with E-state index in [-0.39, 0.29) is 5.91 Å². The second kappa shape index (κ2) is 5.35. The number of carbonyl (C=O) groups excluding carboxylic acids is 1. The zero-order chi connectivity index (χ0) is 10.6. The van der Waals surface area contributed by atoms with Crippen molar-refractivity contribution in [3.05, 3.63) is 0 Å². The fourth-order valence-electron chi connectivity index (χ4n) is 2.19. The van der Waals surface area contributed by atoms with Gasteiger partial charge in [-0.15, -0.1) is 0 Å². The Labute approximate surface area is 86.1 Å². The summed E-state index contributed by atoms with van der Waals surface area (Å²) in [4.78, 5) is 12.9. The van der Waals surface area contributed by atoms with Crippen LogP contribution in [0, 0.1) is 11.8 Å². The van der Waals surface area contributed by atoms with Crippen LogP contribution < -0.4 is 0 Å². The van der Waals surface area contributed by atoms with Crippen molar-refractivity contribution < 1.29 is 9.90 Å². The first kappa shape index (κ1) is 11.5. The van der Waals surface area contributed by atoms with Crippen molar-refractivity contribution in [2.24, 2.45) is 11.8 Å². The lowest BCUT2D eigenvalue weighted by atomic mass is 9.81. The SMILES string of the molecule is CCC(CCCO)C1CN(C(C)=O)C1. The van der Waals surface area contributed by atoms with Gasteiger partial charge in [0.25, 0.3) is 0 Å². The lowest BCUT2D eigenvalue weighted by molar-refractivity contribution is -0.136. The fraction of sp³-hybridized carbons (Fsp3) is 0.909. The summed E-state index contributed by atoms with van der Waals surface area (Å²) < 4.78 is 0. The first-order chi connectivity index (χ1) is 6.69. The van der Waals surface area contributed by atoms with Crippen LogP contribution >= 0.6 is 0 Å². The van der Waals surface area contributed by atoms with Gasteiger partial charge in [0.2, 0.25) is 5.91 Å². The number of nitrogens with zero attached hydrogens (tertiary/aromatic N) is 1. The van der Waals surface area contributed by atoms with E-state index in [0.717, 1.165) is 32.4 Å². The van der Waals surface area contributed by atoms with Crippen LogP contribution in [0.25, 0.3) is 0 Å². The predicted molar refractivity (Wildman–Crippen MR) is 55.8 cm³/mol. The summed E-state index contributed by atoms with van der Waals surface area (Å²) >= 11 is 0. The topological polar surface area (TPSA) is 40.5 Å². The van der Waals surface area contributed by atoms with E-state index < -0.39 is 0 Å². The molecule has 14 heavy (non-hydrogen) atoms. The lowest BCUT2D eigenvalue weighted by Crippen LogP contribution is -2.51.